The third-order valence-corrected chi connectivity index (χ3v) is 10.7. The highest BCUT2D eigenvalue weighted by atomic mass is 32.2. The molecule has 2 aliphatic carbocycles. The Kier molecular flexibility index (Phi) is 8.22. The fourth-order valence-corrected chi connectivity index (χ4v) is 8.39. The number of nitrogens with zero attached hydrogens (tertiary/aromatic N) is 3. The van der Waals surface area contributed by atoms with Crippen LogP contribution in [0.2, 0.25) is 0 Å². The van der Waals surface area contributed by atoms with Crippen molar-refractivity contribution >= 4 is 15.9 Å². The molecule has 0 radical (unpaired) electrons. The van der Waals surface area contributed by atoms with Gasteiger partial charge in [0.25, 0.3) is 0 Å². The van der Waals surface area contributed by atoms with Gasteiger partial charge in [0.1, 0.15) is 11.6 Å². The van der Waals surface area contributed by atoms with Gasteiger partial charge >= 0.3 is 0 Å². The van der Waals surface area contributed by atoms with Gasteiger partial charge in [-0.05, 0) is 72.7 Å². The van der Waals surface area contributed by atoms with Gasteiger partial charge in [0.15, 0.2) is 0 Å². The van der Waals surface area contributed by atoms with Crippen LogP contribution in [0.4, 0.5) is 8.78 Å². The number of benzene rings is 3. The molecule has 2 N–H and O–H groups in total. The normalized spacial score (nSPS) is 18.0. The molecule has 0 spiro atoms. The Balaban J connectivity index is 1.29. The summed E-state index contributed by atoms with van der Waals surface area (Å²) < 4.78 is 59.5. The molecule has 0 unspecified atom stereocenters. The fraction of sp³-hybridized carbons (Fsp3) is 0.294. The van der Waals surface area contributed by atoms with Crippen LogP contribution in [0.5, 0.6) is 0 Å². The summed E-state index contributed by atoms with van der Waals surface area (Å²) >= 11 is 0. The van der Waals surface area contributed by atoms with Crippen LogP contribution in [0.1, 0.15) is 58.4 Å². The van der Waals surface area contributed by atoms with E-state index in [0.717, 1.165) is 29.8 Å². The van der Waals surface area contributed by atoms with Gasteiger partial charge in [-0.25, -0.2) is 26.2 Å². The molecule has 2 aliphatic rings. The molecule has 6 rings (SSSR count). The number of carbonyl (C=O) groups excluding carboxylic acids is 1. The number of hydrogen-bond acceptors (Lipinski definition) is 4. The second-order valence-electron chi connectivity index (χ2n) is 11.6. The van der Waals surface area contributed by atoms with Crippen LogP contribution in [0.25, 0.3) is 5.69 Å². The highest BCUT2D eigenvalue weighted by Crippen LogP contribution is 2.47. The molecule has 10 heteroatoms. The number of allylic oxidation sites excluding steroid dienone is 1. The van der Waals surface area contributed by atoms with E-state index in [9.17, 15) is 22.0 Å². The van der Waals surface area contributed by atoms with Crippen molar-refractivity contribution in [1.82, 2.24) is 14.1 Å². The van der Waals surface area contributed by atoms with E-state index < -0.39 is 15.9 Å². The lowest BCUT2D eigenvalue weighted by Crippen LogP contribution is -2.38. The number of halogens is 2. The summed E-state index contributed by atoms with van der Waals surface area (Å²) in [6.45, 7) is 2.48. The average Bonchev–Trinajstić information content (AvgIpc) is 3.61. The van der Waals surface area contributed by atoms with Crippen LogP contribution in [-0.2, 0) is 28.6 Å². The molecule has 1 aromatic heterocycles. The van der Waals surface area contributed by atoms with Crippen LogP contribution in [-0.4, -0.2) is 41.5 Å². The summed E-state index contributed by atoms with van der Waals surface area (Å²) in [6, 6.07) is 19.1. The van der Waals surface area contributed by atoms with Crippen LogP contribution in [0, 0.1) is 17.6 Å². The van der Waals surface area contributed by atoms with Crippen molar-refractivity contribution in [2.24, 2.45) is 11.7 Å². The first-order valence-corrected chi connectivity index (χ1v) is 16.4. The van der Waals surface area contributed by atoms with Crippen LogP contribution in [0.15, 0.2) is 90.1 Å². The molecule has 7 nitrogen and oxygen atoms in total. The zero-order valence-electron chi connectivity index (χ0n) is 24.4. The van der Waals surface area contributed by atoms with Crippen molar-refractivity contribution < 1.29 is 22.0 Å². The summed E-state index contributed by atoms with van der Waals surface area (Å²) in [5, 5.41) is 4.63. The van der Waals surface area contributed by atoms with Gasteiger partial charge in [-0.3, -0.25) is 4.79 Å². The molecule has 44 heavy (non-hydrogen) atoms. The maximum Gasteiger partial charge on any atom is 0.249 e. The Hall–Kier alpha value is -4.15. The summed E-state index contributed by atoms with van der Waals surface area (Å²) in [5.74, 6) is -1.74. The lowest BCUT2D eigenvalue weighted by Gasteiger charge is -2.31. The highest BCUT2D eigenvalue weighted by molar-refractivity contribution is 7.88. The second-order valence-corrected chi connectivity index (χ2v) is 13.6. The van der Waals surface area contributed by atoms with Crippen molar-refractivity contribution in [1.29, 1.82) is 0 Å². The van der Waals surface area contributed by atoms with Gasteiger partial charge in [-0.2, -0.15) is 5.10 Å². The third kappa shape index (κ3) is 5.84. The van der Waals surface area contributed by atoms with Crippen molar-refractivity contribution in [2.45, 2.75) is 44.3 Å². The molecule has 3 aromatic carbocycles. The number of primary amides is 1. The van der Waals surface area contributed by atoms with E-state index in [1.807, 2.05) is 10.9 Å². The van der Waals surface area contributed by atoms with Gasteiger partial charge < -0.3 is 5.73 Å². The highest BCUT2D eigenvalue weighted by Gasteiger charge is 2.38. The molecule has 0 saturated heterocycles. The molecule has 0 fully saturated rings. The summed E-state index contributed by atoms with van der Waals surface area (Å²) in [5.41, 5.74) is 12.0. The molecule has 0 aliphatic heterocycles. The Bertz CT molecular complexity index is 1850. The molecule has 4 aromatic rings. The molecule has 1 amide bonds. The van der Waals surface area contributed by atoms with Gasteiger partial charge in [0, 0.05) is 36.6 Å². The molecule has 0 saturated carbocycles. The van der Waals surface area contributed by atoms with E-state index in [-0.39, 0.29) is 54.3 Å². The number of rotatable bonds is 10. The van der Waals surface area contributed by atoms with Crippen LogP contribution in [0.3, 0.4) is 0 Å². The minimum atomic E-state index is -3.92. The van der Waals surface area contributed by atoms with E-state index in [1.54, 1.807) is 48.5 Å². The summed E-state index contributed by atoms with van der Waals surface area (Å²) in [4.78, 5) is 12.0. The number of carbonyl (C=O) groups is 1. The first-order valence-electron chi connectivity index (χ1n) is 14.8. The quantitative estimate of drug-likeness (QED) is 0.232. The SMILES string of the molecule is C[C@@H]1C2=C(CC[C@H]2CN(CCc2ccccc2F)S(=O)(=O)Cc2ccccc2C(N)=O)Cc2c1cnn2-c1ccc(F)cc1. The third-order valence-electron chi connectivity index (χ3n) is 8.96. The van der Waals surface area contributed by atoms with Gasteiger partial charge in [0.05, 0.1) is 23.3 Å². The molecular formula is C34H34F2N4O3S. The summed E-state index contributed by atoms with van der Waals surface area (Å²) in [6.07, 6.45) is 4.40. The first kappa shape index (κ1) is 29.9. The Morgan fingerprint density at radius 2 is 1.73 bits per heavy atom. The number of nitrogens with two attached hydrogens (primary N) is 1. The number of fused-ring (bicyclic) bond motifs is 1. The number of aromatic nitrogens is 2. The molecular weight excluding hydrogens is 582 g/mol. The van der Waals surface area contributed by atoms with E-state index in [1.165, 1.54) is 39.7 Å². The van der Waals surface area contributed by atoms with E-state index in [2.05, 4.69) is 12.0 Å². The number of hydrogen-bond donors (Lipinski definition) is 1. The zero-order valence-corrected chi connectivity index (χ0v) is 25.2. The van der Waals surface area contributed by atoms with E-state index >= 15 is 0 Å². The topological polar surface area (TPSA) is 98.3 Å². The molecule has 228 valence electrons. The lowest BCUT2D eigenvalue weighted by molar-refractivity contribution is 0.0999. The average molecular weight is 617 g/mol. The lowest BCUT2D eigenvalue weighted by atomic mass is 9.80. The number of sulfonamides is 1. The molecule has 0 bridgehead atoms. The standard InChI is InChI=1S/C34H34F2N4O3S/c1-22-30-19-38-40(28-14-12-27(35)13-15-28)32(30)18-24-10-11-25(33(22)24)20-39(17-16-23-6-3-5-9-31(23)36)44(42,43)21-26-7-2-4-8-29(26)34(37)41/h2-9,12-15,19,22,25H,10-11,16-18,20-21H2,1H3,(H2,37,41)/t22-,25-/m0/s1. The predicted molar refractivity (Wildman–Crippen MR) is 165 cm³/mol. The van der Waals surface area contributed by atoms with Crippen LogP contribution >= 0.6 is 0 Å². The zero-order chi connectivity index (χ0) is 31.0. The predicted octanol–water partition coefficient (Wildman–Crippen LogP) is 5.69. The van der Waals surface area contributed by atoms with Crippen LogP contribution < -0.4 is 5.73 Å². The molecule has 2 atom stereocenters. The van der Waals surface area contributed by atoms with Crippen molar-refractivity contribution in [2.75, 3.05) is 13.1 Å². The Morgan fingerprint density at radius 1 is 1.02 bits per heavy atom. The Morgan fingerprint density at radius 3 is 2.45 bits per heavy atom. The largest absolute Gasteiger partial charge is 0.366 e. The van der Waals surface area contributed by atoms with Gasteiger partial charge in [-0.15, -0.1) is 0 Å². The van der Waals surface area contributed by atoms with E-state index in [4.69, 9.17) is 5.73 Å². The Labute approximate surface area is 256 Å². The smallest absolute Gasteiger partial charge is 0.249 e. The second kappa shape index (κ2) is 12.1. The maximum absolute atomic E-state index is 14.5. The van der Waals surface area contributed by atoms with Gasteiger partial charge in [-0.1, -0.05) is 54.5 Å². The van der Waals surface area contributed by atoms with Crippen molar-refractivity contribution in [3.8, 4) is 5.69 Å². The van der Waals surface area contributed by atoms with Crippen molar-refractivity contribution in [3.63, 3.8) is 0 Å². The minimum absolute atomic E-state index is 0.0240. The van der Waals surface area contributed by atoms with Gasteiger partial charge in [0.2, 0.25) is 15.9 Å². The van der Waals surface area contributed by atoms with Crippen molar-refractivity contribution in [3.05, 3.63) is 130 Å². The van der Waals surface area contributed by atoms with E-state index in [0.29, 0.717) is 17.5 Å². The fourth-order valence-electron chi connectivity index (χ4n) is 6.79. The minimum Gasteiger partial charge on any atom is -0.366 e. The maximum atomic E-state index is 14.5. The first-order chi connectivity index (χ1) is 21.1. The monoisotopic (exact) mass is 616 g/mol. The molecule has 1 heterocycles. The summed E-state index contributed by atoms with van der Waals surface area (Å²) in [7, 11) is -3.92. The number of amides is 1.